The summed E-state index contributed by atoms with van der Waals surface area (Å²) in [5.41, 5.74) is -0.646. The Balaban J connectivity index is 2.09. The molecule has 1 aliphatic rings. The van der Waals surface area contributed by atoms with Crippen molar-refractivity contribution < 1.29 is 37.6 Å². The summed E-state index contributed by atoms with van der Waals surface area (Å²) >= 11 is 5.76. The molecule has 3 N–H and O–H groups in total. The number of hydrogen-bond donors (Lipinski definition) is 3. The van der Waals surface area contributed by atoms with Crippen molar-refractivity contribution in [2.24, 2.45) is 0 Å². The van der Waals surface area contributed by atoms with Crippen LogP contribution in [-0.2, 0) is 9.09 Å². The highest BCUT2D eigenvalue weighted by Crippen LogP contribution is 2.49. The highest BCUT2D eigenvalue weighted by Gasteiger charge is 2.48. The Bertz CT molecular complexity index is 1100. The van der Waals surface area contributed by atoms with Crippen LogP contribution in [0.5, 0.6) is 5.75 Å². The van der Waals surface area contributed by atoms with Crippen molar-refractivity contribution in [2.75, 3.05) is 0 Å². The average Bonchev–Trinajstić information content (AvgIpc) is 2.65. The molecule has 0 radical (unpaired) electrons. The first kappa shape index (κ1) is 23.4. The number of phosphoric ester groups is 1. The number of benzene rings is 2. The fourth-order valence-corrected chi connectivity index (χ4v) is 4.21. The number of fused-ring (bicyclic) bond motifs is 1. The summed E-state index contributed by atoms with van der Waals surface area (Å²) in [5.74, 6) is -1.34. The van der Waals surface area contributed by atoms with E-state index in [0.29, 0.717) is 16.9 Å². The van der Waals surface area contributed by atoms with Crippen molar-refractivity contribution in [1.82, 2.24) is 5.32 Å². The second-order valence-corrected chi connectivity index (χ2v) is 9.21. The first-order chi connectivity index (χ1) is 14.3. The molecule has 166 valence electrons. The van der Waals surface area contributed by atoms with Crippen molar-refractivity contribution >= 4 is 31.1 Å². The molecule has 2 atom stereocenters. The summed E-state index contributed by atoms with van der Waals surface area (Å²) in [4.78, 5) is 43.6. The Morgan fingerprint density at radius 1 is 1.19 bits per heavy atom. The van der Waals surface area contributed by atoms with Crippen LogP contribution in [0, 0.1) is 5.82 Å². The van der Waals surface area contributed by atoms with Gasteiger partial charge in [-0.2, -0.15) is 0 Å². The monoisotopic (exact) mass is 471 g/mol. The Morgan fingerprint density at radius 3 is 2.42 bits per heavy atom. The van der Waals surface area contributed by atoms with E-state index in [2.05, 4.69) is 5.32 Å². The minimum Gasteiger partial charge on any atom is -0.485 e. The SMILES string of the molecule is CC(=O)c1ccc2c(c1)[C@H](NC(=O)c1ccc(F)c(Cl)c1)[C@@H](OP(=O)(O)O)C(C)(C)O2. The van der Waals surface area contributed by atoms with Crippen molar-refractivity contribution in [1.29, 1.82) is 0 Å². The van der Waals surface area contributed by atoms with Gasteiger partial charge in [0.05, 0.1) is 11.1 Å². The maximum atomic E-state index is 13.5. The number of Topliss-reactive ketones (excluding diaryl/α,β-unsaturated/α-hetero) is 1. The number of carbonyl (C=O) groups excluding carboxylic acids is 2. The number of halogens is 2. The standard InChI is InChI=1S/C20H20ClFNO7P/c1-10(24)11-5-7-16-13(8-11)17(18(20(2,3)29-16)30-31(26,27)28)23-19(25)12-4-6-15(22)14(21)9-12/h4-9,17-18H,1-3H3,(H,23,25)(H2,26,27,28)/t17-,18+/m0/s1. The molecular weight excluding hydrogens is 452 g/mol. The lowest BCUT2D eigenvalue weighted by Gasteiger charge is -2.44. The van der Waals surface area contributed by atoms with Crippen LogP contribution in [0.1, 0.15) is 53.1 Å². The lowest BCUT2D eigenvalue weighted by molar-refractivity contribution is -0.0597. The van der Waals surface area contributed by atoms with E-state index >= 15 is 0 Å². The van der Waals surface area contributed by atoms with E-state index in [1.54, 1.807) is 19.9 Å². The minimum atomic E-state index is -4.99. The number of carbonyl (C=O) groups is 2. The number of ether oxygens (including phenoxy) is 1. The molecule has 3 rings (SSSR count). The number of ketones is 1. The molecule has 0 bridgehead atoms. The zero-order chi connectivity index (χ0) is 23.1. The van der Waals surface area contributed by atoms with E-state index in [1.807, 2.05) is 0 Å². The Kier molecular flexibility index (Phi) is 6.28. The van der Waals surface area contributed by atoms with Gasteiger partial charge in [0.1, 0.15) is 23.3 Å². The van der Waals surface area contributed by atoms with Gasteiger partial charge in [0.15, 0.2) is 5.78 Å². The predicted octanol–water partition coefficient (Wildman–Crippen LogP) is 3.80. The van der Waals surface area contributed by atoms with Crippen LogP contribution >= 0.6 is 19.4 Å². The fraction of sp³-hybridized carbons (Fsp3) is 0.300. The normalized spacial score (nSPS) is 19.8. The molecule has 0 aromatic heterocycles. The molecule has 11 heteroatoms. The van der Waals surface area contributed by atoms with Crippen molar-refractivity contribution in [3.63, 3.8) is 0 Å². The Hall–Kier alpha value is -2.29. The number of phosphoric acid groups is 1. The highest BCUT2D eigenvalue weighted by molar-refractivity contribution is 7.46. The lowest BCUT2D eigenvalue weighted by Crippen LogP contribution is -2.54. The molecule has 8 nitrogen and oxygen atoms in total. The zero-order valence-corrected chi connectivity index (χ0v) is 18.4. The van der Waals surface area contributed by atoms with Crippen molar-refractivity contribution in [2.45, 2.75) is 38.5 Å². The van der Waals surface area contributed by atoms with E-state index in [4.69, 9.17) is 20.9 Å². The molecule has 0 saturated heterocycles. The van der Waals surface area contributed by atoms with Gasteiger partial charge in [-0.1, -0.05) is 11.6 Å². The number of nitrogens with one attached hydrogen (secondary N) is 1. The Morgan fingerprint density at radius 2 is 1.84 bits per heavy atom. The van der Waals surface area contributed by atoms with Gasteiger partial charge in [0.2, 0.25) is 0 Å². The molecule has 1 aliphatic heterocycles. The quantitative estimate of drug-likeness (QED) is 0.448. The van der Waals surface area contributed by atoms with E-state index in [0.717, 1.165) is 12.1 Å². The number of rotatable bonds is 5. The van der Waals surface area contributed by atoms with Gasteiger partial charge in [0.25, 0.3) is 5.91 Å². The van der Waals surface area contributed by atoms with Crippen LogP contribution in [0.15, 0.2) is 36.4 Å². The molecule has 0 fully saturated rings. The third kappa shape index (κ3) is 5.14. The summed E-state index contributed by atoms with van der Waals surface area (Å²) < 4.78 is 36.0. The van der Waals surface area contributed by atoms with Crippen LogP contribution in [0.25, 0.3) is 0 Å². The van der Waals surface area contributed by atoms with Gasteiger partial charge in [-0.15, -0.1) is 0 Å². The smallest absolute Gasteiger partial charge is 0.470 e. The summed E-state index contributed by atoms with van der Waals surface area (Å²) in [5, 5.41) is 2.39. The van der Waals surface area contributed by atoms with Crippen molar-refractivity contribution in [3.8, 4) is 5.75 Å². The maximum absolute atomic E-state index is 13.5. The summed E-state index contributed by atoms with van der Waals surface area (Å²) in [6.45, 7) is 4.44. The van der Waals surface area contributed by atoms with Crippen molar-refractivity contribution in [3.05, 3.63) is 63.9 Å². The molecule has 2 aromatic rings. The van der Waals surface area contributed by atoms with Gasteiger partial charge in [-0.25, -0.2) is 8.96 Å². The van der Waals surface area contributed by atoms with Crippen LogP contribution in [0.2, 0.25) is 5.02 Å². The third-order valence-electron chi connectivity index (χ3n) is 4.83. The van der Waals surface area contributed by atoms with E-state index < -0.39 is 37.3 Å². The van der Waals surface area contributed by atoms with Gasteiger partial charge in [0, 0.05) is 16.7 Å². The summed E-state index contributed by atoms with van der Waals surface area (Å²) in [6.07, 6.45) is -1.33. The molecule has 0 spiro atoms. The molecule has 0 saturated carbocycles. The second kappa shape index (κ2) is 8.33. The summed E-state index contributed by atoms with van der Waals surface area (Å²) in [6, 6.07) is 6.80. The molecule has 1 heterocycles. The molecule has 31 heavy (non-hydrogen) atoms. The first-order valence-corrected chi connectivity index (χ1v) is 11.0. The van der Waals surface area contributed by atoms with Gasteiger partial charge in [-0.05, 0) is 57.2 Å². The van der Waals surface area contributed by atoms with Gasteiger partial charge >= 0.3 is 7.82 Å². The molecule has 2 aromatic carbocycles. The first-order valence-electron chi connectivity index (χ1n) is 9.12. The Labute approximate surface area is 182 Å². The topological polar surface area (TPSA) is 122 Å². The molecule has 0 unspecified atom stereocenters. The lowest BCUT2D eigenvalue weighted by atomic mass is 9.85. The van der Waals surface area contributed by atoms with Crippen LogP contribution in [-0.4, -0.2) is 33.2 Å². The van der Waals surface area contributed by atoms with Gasteiger partial charge in [-0.3, -0.25) is 14.1 Å². The maximum Gasteiger partial charge on any atom is 0.470 e. The summed E-state index contributed by atoms with van der Waals surface area (Å²) in [7, 11) is -4.99. The minimum absolute atomic E-state index is 0.0231. The molecule has 0 aliphatic carbocycles. The second-order valence-electron chi connectivity index (χ2n) is 7.61. The predicted molar refractivity (Wildman–Crippen MR) is 110 cm³/mol. The average molecular weight is 472 g/mol. The zero-order valence-electron chi connectivity index (χ0n) is 16.8. The van der Waals surface area contributed by atoms with E-state index in [1.165, 1.54) is 25.1 Å². The molecular formula is C20H20ClFNO7P. The largest absolute Gasteiger partial charge is 0.485 e. The highest BCUT2D eigenvalue weighted by atomic mass is 35.5. The fourth-order valence-electron chi connectivity index (χ4n) is 3.36. The van der Waals surface area contributed by atoms with E-state index in [9.17, 15) is 28.3 Å². The number of hydrogen-bond acceptors (Lipinski definition) is 5. The van der Waals surface area contributed by atoms with E-state index in [-0.39, 0.29) is 16.4 Å². The van der Waals surface area contributed by atoms with Gasteiger partial charge < -0.3 is 19.8 Å². The van der Waals surface area contributed by atoms with Crippen LogP contribution in [0.4, 0.5) is 4.39 Å². The van der Waals surface area contributed by atoms with Crippen LogP contribution < -0.4 is 10.1 Å². The molecule has 1 amide bonds. The number of amides is 1. The third-order valence-corrected chi connectivity index (χ3v) is 5.62. The van der Waals surface area contributed by atoms with Crippen LogP contribution in [0.3, 0.4) is 0 Å².